The van der Waals surface area contributed by atoms with E-state index in [0.29, 0.717) is 6.41 Å². The molecule has 6 heteroatoms. The van der Waals surface area contributed by atoms with Crippen molar-refractivity contribution in [1.29, 1.82) is 0 Å². The number of phenolic OH excluding ortho intramolecular Hbond substituents is 1. The summed E-state index contributed by atoms with van der Waals surface area (Å²) in [4.78, 5) is 23.7. The number of hydrogen-bond donors (Lipinski definition) is 4. The van der Waals surface area contributed by atoms with Crippen molar-refractivity contribution in [2.45, 2.75) is 64.0 Å². The van der Waals surface area contributed by atoms with Crippen LogP contribution in [-0.2, 0) is 11.2 Å². The van der Waals surface area contributed by atoms with Crippen LogP contribution in [-0.4, -0.2) is 30.0 Å². The smallest absolute Gasteiger partial charge is 0.255 e. The Hall–Kier alpha value is -2.86. The third kappa shape index (κ3) is 5.85. The molecule has 31 heavy (non-hydrogen) atoms. The number of para-hydroxylation sites is 1. The van der Waals surface area contributed by atoms with Gasteiger partial charge in [0.25, 0.3) is 5.91 Å². The molecule has 0 saturated heterocycles. The topological polar surface area (TPSA) is 90.5 Å². The normalized spacial score (nSPS) is 17.2. The van der Waals surface area contributed by atoms with Gasteiger partial charge in [0.05, 0.1) is 23.3 Å². The molecule has 4 N–H and O–H groups in total. The van der Waals surface area contributed by atoms with E-state index in [-0.39, 0.29) is 35.0 Å². The number of hydrogen-bond acceptors (Lipinski definition) is 4. The maximum Gasteiger partial charge on any atom is 0.255 e. The molecular formula is C25H33N3O3. The molecule has 1 aliphatic rings. The molecule has 2 atom stereocenters. The second kappa shape index (κ2) is 11.5. The molecule has 3 rings (SSSR count). The zero-order chi connectivity index (χ0) is 22.1. The lowest BCUT2D eigenvalue weighted by atomic mass is 10.1. The molecule has 166 valence electrons. The van der Waals surface area contributed by atoms with E-state index in [2.05, 4.69) is 35.0 Å². The van der Waals surface area contributed by atoms with E-state index >= 15 is 0 Å². The summed E-state index contributed by atoms with van der Waals surface area (Å²) in [5.41, 5.74) is 2.82. The molecule has 0 spiro atoms. The summed E-state index contributed by atoms with van der Waals surface area (Å²) in [6, 6.07) is 13.0. The predicted octanol–water partition coefficient (Wildman–Crippen LogP) is 4.31. The largest absolute Gasteiger partial charge is 0.505 e. The Balaban J connectivity index is 1.64. The van der Waals surface area contributed by atoms with Gasteiger partial charge in [-0.1, -0.05) is 69.4 Å². The highest BCUT2D eigenvalue weighted by Crippen LogP contribution is 2.33. The number of nitrogens with one attached hydrogen (secondary N) is 3. The lowest BCUT2D eigenvalue weighted by molar-refractivity contribution is -0.105. The second-order valence-electron chi connectivity index (χ2n) is 8.15. The third-order valence-electron chi connectivity index (χ3n) is 5.94. The fourth-order valence-corrected chi connectivity index (χ4v) is 4.30. The molecule has 1 aliphatic carbocycles. The van der Waals surface area contributed by atoms with Crippen LogP contribution in [0, 0.1) is 0 Å². The van der Waals surface area contributed by atoms with Gasteiger partial charge >= 0.3 is 0 Å². The summed E-state index contributed by atoms with van der Waals surface area (Å²) in [7, 11) is 0. The van der Waals surface area contributed by atoms with Crippen molar-refractivity contribution < 1.29 is 14.7 Å². The van der Waals surface area contributed by atoms with Gasteiger partial charge in [0.2, 0.25) is 6.41 Å². The van der Waals surface area contributed by atoms with Gasteiger partial charge < -0.3 is 21.1 Å². The van der Waals surface area contributed by atoms with Crippen molar-refractivity contribution in [3.05, 3.63) is 59.2 Å². The Bertz CT molecular complexity index is 884. The molecule has 0 saturated carbocycles. The SMILES string of the molecule is CCCCCCCCNC1c2ccccc2CC1NC(=O)c1cccc(NC=O)c1O. The van der Waals surface area contributed by atoms with Gasteiger partial charge in [-0.3, -0.25) is 9.59 Å². The predicted molar refractivity (Wildman–Crippen MR) is 123 cm³/mol. The average Bonchev–Trinajstić information content (AvgIpc) is 3.11. The van der Waals surface area contributed by atoms with Crippen LogP contribution in [0.2, 0.25) is 0 Å². The molecule has 0 fully saturated rings. The number of amides is 2. The summed E-state index contributed by atoms with van der Waals surface area (Å²) in [6.45, 7) is 3.13. The molecular weight excluding hydrogens is 390 g/mol. The number of rotatable bonds is 12. The zero-order valence-corrected chi connectivity index (χ0v) is 18.2. The van der Waals surface area contributed by atoms with Crippen LogP contribution in [0.4, 0.5) is 5.69 Å². The van der Waals surface area contributed by atoms with Crippen LogP contribution in [0.15, 0.2) is 42.5 Å². The standard InChI is InChI=1S/C25H33N3O3/c1-2-3-4-5-6-9-15-26-23-19-12-8-7-11-18(19)16-22(23)28-25(31)20-13-10-14-21(24(20)30)27-17-29/h7-8,10-14,17,22-23,26,30H,2-6,9,15-16H2,1H3,(H,27,29)(H,28,31). The van der Waals surface area contributed by atoms with Gasteiger partial charge in [0, 0.05) is 0 Å². The Morgan fingerprint density at radius 1 is 1.06 bits per heavy atom. The maximum atomic E-state index is 12.9. The molecule has 2 amide bonds. The van der Waals surface area contributed by atoms with Crippen LogP contribution in [0.5, 0.6) is 5.75 Å². The Morgan fingerprint density at radius 2 is 1.84 bits per heavy atom. The molecule has 0 bridgehead atoms. The molecule has 0 aliphatic heterocycles. The number of aromatic hydroxyl groups is 1. The fraction of sp³-hybridized carbons (Fsp3) is 0.440. The van der Waals surface area contributed by atoms with Crippen LogP contribution in [0.25, 0.3) is 0 Å². The molecule has 0 radical (unpaired) electrons. The Morgan fingerprint density at radius 3 is 2.65 bits per heavy atom. The van der Waals surface area contributed by atoms with E-state index in [4.69, 9.17) is 0 Å². The van der Waals surface area contributed by atoms with Crippen molar-refractivity contribution in [3.8, 4) is 5.75 Å². The van der Waals surface area contributed by atoms with Crippen molar-refractivity contribution in [2.24, 2.45) is 0 Å². The molecule has 0 heterocycles. The lowest BCUT2D eigenvalue weighted by Gasteiger charge is -2.23. The first-order chi connectivity index (χ1) is 15.2. The van der Waals surface area contributed by atoms with Crippen molar-refractivity contribution >= 4 is 18.0 Å². The van der Waals surface area contributed by atoms with E-state index in [1.165, 1.54) is 43.2 Å². The average molecular weight is 424 g/mol. The van der Waals surface area contributed by atoms with Crippen molar-refractivity contribution in [3.63, 3.8) is 0 Å². The minimum absolute atomic E-state index is 0.0363. The van der Waals surface area contributed by atoms with E-state index in [9.17, 15) is 14.7 Å². The summed E-state index contributed by atoms with van der Waals surface area (Å²) in [6.07, 6.45) is 8.65. The van der Waals surface area contributed by atoms with Crippen LogP contribution in [0.3, 0.4) is 0 Å². The number of benzene rings is 2. The van der Waals surface area contributed by atoms with Gasteiger partial charge in [0.1, 0.15) is 0 Å². The molecule has 0 aromatic heterocycles. The summed E-state index contributed by atoms with van der Waals surface area (Å²) in [5, 5.41) is 19.5. The number of phenols is 1. The van der Waals surface area contributed by atoms with Crippen LogP contribution < -0.4 is 16.0 Å². The first kappa shape index (κ1) is 22.8. The first-order valence-corrected chi connectivity index (χ1v) is 11.3. The molecule has 2 aromatic rings. The minimum atomic E-state index is -0.351. The van der Waals surface area contributed by atoms with Crippen molar-refractivity contribution in [1.82, 2.24) is 10.6 Å². The van der Waals surface area contributed by atoms with Gasteiger partial charge in [-0.2, -0.15) is 0 Å². The summed E-state index contributed by atoms with van der Waals surface area (Å²) >= 11 is 0. The highest BCUT2D eigenvalue weighted by Gasteiger charge is 2.33. The number of fused-ring (bicyclic) bond motifs is 1. The third-order valence-corrected chi connectivity index (χ3v) is 5.94. The minimum Gasteiger partial charge on any atom is -0.505 e. The number of unbranched alkanes of at least 4 members (excludes halogenated alkanes) is 5. The zero-order valence-electron chi connectivity index (χ0n) is 18.2. The highest BCUT2D eigenvalue weighted by molar-refractivity contribution is 5.99. The van der Waals surface area contributed by atoms with Crippen molar-refractivity contribution in [2.75, 3.05) is 11.9 Å². The van der Waals surface area contributed by atoms with Crippen LogP contribution in [0.1, 0.15) is 73.0 Å². The Labute approximate surface area is 184 Å². The van der Waals surface area contributed by atoms with Gasteiger partial charge in [0.15, 0.2) is 5.75 Å². The number of carbonyl (C=O) groups is 2. The quantitative estimate of drug-likeness (QED) is 0.233. The van der Waals surface area contributed by atoms with Gasteiger partial charge in [-0.05, 0) is 42.6 Å². The van der Waals surface area contributed by atoms with E-state index in [1.807, 2.05) is 12.1 Å². The van der Waals surface area contributed by atoms with E-state index in [0.717, 1.165) is 19.4 Å². The van der Waals surface area contributed by atoms with Gasteiger partial charge in [-0.15, -0.1) is 0 Å². The fourth-order valence-electron chi connectivity index (χ4n) is 4.30. The van der Waals surface area contributed by atoms with E-state index < -0.39 is 0 Å². The lowest BCUT2D eigenvalue weighted by Crippen LogP contribution is -2.43. The number of carbonyl (C=O) groups excluding carboxylic acids is 2. The molecule has 2 aromatic carbocycles. The van der Waals surface area contributed by atoms with Gasteiger partial charge in [-0.25, -0.2) is 0 Å². The molecule has 6 nitrogen and oxygen atoms in total. The summed E-state index contributed by atoms with van der Waals surface area (Å²) < 4.78 is 0. The monoisotopic (exact) mass is 423 g/mol. The molecule has 2 unspecified atom stereocenters. The summed E-state index contributed by atoms with van der Waals surface area (Å²) in [5.74, 6) is -0.574. The first-order valence-electron chi connectivity index (χ1n) is 11.3. The maximum absolute atomic E-state index is 12.9. The Kier molecular flexibility index (Phi) is 8.47. The van der Waals surface area contributed by atoms with Crippen LogP contribution >= 0.6 is 0 Å². The number of anilines is 1. The second-order valence-corrected chi connectivity index (χ2v) is 8.15. The highest BCUT2D eigenvalue weighted by atomic mass is 16.3. The van der Waals surface area contributed by atoms with E-state index in [1.54, 1.807) is 18.2 Å².